The van der Waals surface area contributed by atoms with Crippen LogP contribution in [-0.4, -0.2) is 33.2 Å². The standard InChI is InChI=1S/C10H14N4O/c1-7-5-8-9(11-3-2-4-15)12-6-13-10(8)14-7/h5-6,15H,2-4H2,1H3,(H2,11,12,13,14). The van der Waals surface area contributed by atoms with Gasteiger partial charge in [-0.05, 0) is 19.4 Å². The largest absolute Gasteiger partial charge is 0.396 e. The zero-order valence-electron chi connectivity index (χ0n) is 8.62. The molecule has 0 saturated heterocycles. The maximum Gasteiger partial charge on any atom is 0.143 e. The highest BCUT2D eigenvalue weighted by Gasteiger charge is 2.04. The Balaban J connectivity index is 2.25. The highest BCUT2D eigenvalue weighted by molar-refractivity contribution is 5.87. The molecule has 0 radical (unpaired) electrons. The predicted octanol–water partition coefficient (Wildman–Crippen LogP) is 1.06. The summed E-state index contributed by atoms with van der Waals surface area (Å²) in [7, 11) is 0. The van der Waals surface area contributed by atoms with Crippen molar-refractivity contribution in [2.24, 2.45) is 0 Å². The number of hydrogen-bond acceptors (Lipinski definition) is 4. The Hall–Kier alpha value is -1.62. The predicted molar refractivity (Wildman–Crippen MR) is 58.8 cm³/mol. The van der Waals surface area contributed by atoms with E-state index >= 15 is 0 Å². The molecule has 15 heavy (non-hydrogen) atoms. The monoisotopic (exact) mass is 206 g/mol. The van der Waals surface area contributed by atoms with Crippen molar-refractivity contribution in [1.29, 1.82) is 0 Å². The third kappa shape index (κ3) is 2.07. The van der Waals surface area contributed by atoms with Gasteiger partial charge in [0.15, 0.2) is 0 Å². The SMILES string of the molecule is Cc1cc2c(NCCCO)ncnc2[nH]1. The fourth-order valence-corrected chi connectivity index (χ4v) is 1.50. The molecule has 0 fully saturated rings. The van der Waals surface area contributed by atoms with Crippen LogP contribution in [-0.2, 0) is 0 Å². The lowest BCUT2D eigenvalue weighted by molar-refractivity contribution is 0.292. The normalized spacial score (nSPS) is 10.8. The fraction of sp³-hybridized carbons (Fsp3) is 0.400. The van der Waals surface area contributed by atoms with E-state index in [4.69, 9.17) is 5.11 Å². The number of hydrogen-bond donors (Lipinski definition) is 3. The van der Waals surface area contributed by atoms with E-state index in [9.17, 15) is 0 Å². The number of nitrogens with zero attached hydrogens (tertiary/aromatic N) is 2. The number of aromatic nitrogens is 3. The number of fused-ring (bicyclic) bond motifs is 1. The van der Waals surface area contributed by atoms with E-state index in [1.807, 2.05) is 13.0 Å². The van der Waals surface area contributed by atoms with E-state index in [1.165, 1.54) is 6.33 Å². The molecule has 5 nitrogen and oxygen atoms in total. The Morgan fingerprint density at radius 2 is 2.33 bits per heavy atom. The van der Waals surface area contributed by atoms with Crippen molar-refractivity contribution >= 4 is 16.9 Å². The van der Waals surface area contributed by atoms with Crippen molar-refractivity contribution in [3.05, 3.63) is 18.1 Å². The van der Waals surface area contributed by atoms with Crippen molar-refractivity contribution in [2.75, 3.05) is 18.5 Å². The van der Waals surface area contributed by atoms with Gasteiger partial charge in [-0.15, -0.1) is 0 Å². The van der Waals surface area contributed by atoms with Crippen LogP contribution in [0.25, 0.3) is 11.0 Å². The summed E-state index contributed by atoms with van der Waals surface area (Å²) in [6, 6.07) is 2.01. The zero-order valence-corrected chi connectivity index (χ0v) is 8.62. The quantitative estimate of drug-likeness (QED) is 0.654. The molecule has 2 rings (SSSR count). The van der Waals surface area contributed by atoms with Gasteiger partial charge in [0, 0.05) is 18.8 Å². The van der Waals surface area contributed by atoms with Gasteiger partial charge in [-0.1, -0.05) is 0 Å². The fourth-order valence-electron chi connectivity index (χ4n) is 1.50. The topological polar surface area (TPSA) is 73.8 Å². The second kappa shape index (κ2) is 4.27. The van der Waals surface area contributed by atoms with Gasteiger partial charge in [0.25, 0.3) is 0 Å². The molecule has 2 aromatic heterocycles. The van der Waals surface area contributed by atoms with E-state index in [-0.39, 0.29) is 6.61 Å². The van der Waals surface area contributed by atoms with Crippen LogP contribution >= 0.6 is 0 Å². The lowest BCUT2D eigenvalue weighted by Crippen LogP contribution is -2.05. The van der Waals surface area contributed by atoms with Crippen LogP contribution in [0.2, 0.25) is 0 Å². The molecule has 0 aliphatic carbocycles. The number of anilines is 1. The third-order valence-electron chi connectivity index (χ3n) is 2.19. The lowest BCUT2D eigenvalue weighted by Gasteiger charge is -2.04. The molecule has 80 valence electrons. The Kier molecular flexibility index (Phi) is 2.82. The number of H-pyrrole nitrogens is 1. The summed E-state index contributed by atoms with van der Waals surface area (Å²) < 4.78 is 0. The molecule has 0 aliphatic rings. The van der Waals surface area contributed by atoms with E-state index in [0.29, 0.717) is 6.54 Å². The summed E-state index contributed by atoms with van der Waals surface area (Å²) in [5.74, 6) is 0.817. The van der Waals surface area contributed by atoms with E-state index in [2.05, 4.69) is 20.3 Å². The first-order valence-corrected chi connectivity index (χ1v) is 4.96. The number of rotatable bonds is 4. The smallest absolute Gasteiger partial charge is 0.143 e. The van der Waals surface area contributed by atoms with Crippen LogP contribution in [0, 0.1) is 6.92 Å². The van der Waals surface area contributed by atoms with Crippen LogP contribution < -0.4 is 5.32 Å². The lowest BCUT2D eigenvalue weighted by atomic mass is 10.3. The third-order valence-corrected chi connectivity index (χ3v) is 2.19. The molecule has 2 heterocycles. The Bertz CT molecular complexity index is 452. The molecular formula is C10H14N4O. The van der Waals surface area contributed by atoms with Crippen molar-refractivity contribution in [2.45, 2.75) is 13.3 Å². The van der Waals surface area contributed by atoms with E-state index in [1.54, 1.807) is 0 Å². The number of nitrogens with one attached hydrogen (secondary N) is 2. The molecule has 5 heteroatoms. The highest BCUT2D eigenvalue weighted by Crippen LogP contribution is 2.19. The first-order chi connectivity index (χ1) is 7.31. The Morgan fingerprint density at radius 1 is 1.47 bits per heavy atom. The molecule has 0 saturated carbocycles. The molecule has 3 N–H and O–H groups in total. The molecular weight excluding hydrogens is 192 g/mol. The van der Waals surface area contributed by atoms with Crippen LogP contribution in [0.4, 0.5) is 5.82 Å². The summed E-state index contributed by atoms with van der Waals surface area (Å²) in [6.07, 6.45) is 2.24. The maximum atomic E-state index is 8.68. The molecule has 0 aliphatic heterocycles. The maximum absolute atomic E-state index is 8.68. The number of aliphatic hydroxyl groups excluding tert-OH is 1. The molecule has 0 aromatic carbocycles. The zero-order chi connectivity index (χ0) is 10.7. The first-order valence-electron chi connectivity index (χ1n) is 4.96. The minimum atomic E-state index is 0.188. The Morgan fingerprint density at radius 3 is 3.13 bits per heavy atom. The first kappa shape index (κ1) is 9.92. The molecule has 0 bridgehead atoms. The average Bonchev–Trinajstić information content (AvgIpc) is 2.59. The van der Waals surface area contributed by atoms with Gasteiger partial charge in [0.2, 0.25) is 0 Å². The minimum Gasteiger partial charge on any atom is -0.396 e. The second-order valence-electron chi connectivity index (χ2n) is 3.44. The van der Waals surface area contributed by atoms with E-state index in [0.717, 1.165) is 29.0 Å². The van der Waals surface area contributed by atoms with Gasteiger partial charge in [-0.25, -0.2) is 9.97 Å². The van der Waals surface area contributed by atoms with Crippen molar-refractivity contribution in [3.8, 4) is 0 Å². The van der Waals surface area contributed by atoms with Crippen LogP contribution in [0.1, 0.15) is 12.1 Å². The average molecular weight is 206 g/mol. The van der Waals surface area contributed by atoms with Crippen molar-refractivity contribution < 1.29 is 5.11 Å². The van der Waals surface area contributed by atoms with Gasteiger partial charge in [0.1, 0.15) is 17.8 Å². The summed E-state index contributed by atoms with van der Waals surface area (Å²) in [4.78, 5) is 11.5. The summed E-state index contributed by atoms with van der Waals surface area (Å²) in [5, 5.41) is 12.8. The van der Waals surface area contributed by atoms with Gasteiger partial charge in [-0.2, -0.15) is 0 Å². The van der Waals surface area contributed by atoms with Crippen molar-refractivity contribution in [1.82, 2.24) is 15.0 Å². The molecule has 0 amide bonds. The summed E-state index contributed by atoms with van der Waals surface area (Å²) in [5.41, 5.74) is 1.91. The van der Waals surface area contributed by atoms with E-state index < -0.39 is 0 Å². The number of aryl methyl sites for hydroxylation is 1. The van der Waals surface area contributed by atoms with Crippen LogP contribution in [0.15, 0.2) is 12.4 Å². The number of aromatic amines is 1. The second-order valence-corrected chi connectivity index (χ2v) is 3.44. The minimum absolute atomic E-state index is 0.188. The molecule has 0 spiro atoms. The summed E-state index contributed by atoms with van der Waals surface area (Å²) in [6.45, 7) is 2.89. The number of aliphatic hydroxyl groups is 1. The van der Waals surface area contributed by atoms with Gasteiger partial charge in [-0.3, -0.25) is 0 Å². The van der Waals surface area contributed by atoms with Crippen molar-refractivity contribution in [3.63, 3.8) is 0 Å². The highest BCUT2D eigenvalue weighted by atomic mass is 16.3. The molecule has 2 aromatic rings. The van der Waals surface area contributed by atoms with Crippen LogP contribution in [0.3, 0.4) is 0 Å². The van der Waals surface area contributed by atoms with Gasteiger partial charge in [0.05, 0.1) is 5.39 Å². The van der Waals surface area contributed by atoms with Gasteiger partial charge >= 0.3 is 0 Å². The Labute approximate surface area is 87.6 Å². The molecule has 0 atom stereocenters. The van der Waals surface area contributed by atoms with Gasteiger partial charge < -0.3 is 15.4 Å². The van der Waals surface area contributed by atoms with Crippen LogP contribution in [0.5, 0.6) is 0 Å². The summed E-state index contributed by atoms with van der Waals surface area (Å²) >= 11 is 0. The molecule has 0 unspecified atom stereocenters.